The number of nitrogens with one attached hydrogen (secondary N) is 2. The Hall–Kier alpha value is -3.94. The SMILES string of the molecule is NC(=O)c1cnc(N[C@H]2CCCC[C@H]2[NH3+])nc1Nc1csc(-c2coc3c(=O)cc(N4CCOCC4)oc23)c1. The lowest BCUT2D eigenvalue weighted by molar-refractivity contribution is -0.427. The molecule has 2 aliphatic rings. The Morgan fingerprint density at radius 2 is 2.00 bits per heavy atom. The molecule has 13 heteroatoms. The monoisotopic (exact) mass is 552 g/mol. The summed E-state index contributed by atoms with van der Waals surface area (Å²) < 4.78 is 17.2. The lowest BCUT2D eigenvalue weighted by Crippen LogP contribution is -2.68. The fourth-order valence-electron chi connectivity index (χ4n) is 5.01. The van der Waals surface area contributed by atoms with Crippen molar-refractivity contribution >= 4 is 51.7 Å². The molecule has 204 valence electrons. The van der Waals surface area contributed by atoms with Gasteiger partial charge in [0, 0.05) is 36.0 Å². The number of anilines is 4. The van der Waals surface area contributed by atoms with E-state index in [-0.39, 0.29) is 28.7 Å². The summed E-state index contributed by atoms with van der Waals surface area (Å²) in [6, 6.07) is 3.77. The quantitative estimate of drug-likeness (QED) is 0.266. The minimum absolute atomic E-state index is 0.166. The third-order valence-electron chi connectivity index (χ3n) is 7.16. The molecule has 12 nitrogen and oxygen atoms in total. The van der Waals surface area contributed by atoms with E-state index < -0.39 is 5.91 Å². The second-order valence-corrected chi connectivity index (χ2v) is 10.7. The fourth-order valence-corrected chi connectivity index (χ4v) is 5.85. The summed E-state index contributed by atoms with van der Waals surface area (Å²) in [5.41, 5.74) is 11.7. The van der Waals surface area contributed by atoms with Crippen LogP contribution >= 0.6 is 11.3 Å². The number of thiophene rings is 1. The predicted octanol–water partition coefficient (Wildman–Crippen LogP) is 2.55. The van der Waals surface area contributed by atoms with Crippen molar-refractivity contribution in [3.8, 4) is 10.4 Å². The molecule has 4 aromatic rings. The van der Waals surface area contributed by atoms with Gasteiger partial charge in [0.05, 0.1) is 36.6 Å². The Kier molecular flexibility index (Phi) is 6.94. The smallest absolute Gasteiger partial charge is 0.254 e. The van der Waals surface area contributed by atoms with Gasteiger partial charge < -0.3 is 40.6 Å². The highest BCUT2D eigenvalue weighted by Gasteiger charge is 2.26. The van der Waals surface area contributed by atoms with E-state index in [0.29, 0.717) is 60.8 Å². The third-order valence-corrected chi connectivity index (χ3v) is 8.12. The molecule has 2 fully saturated rings. The summed E-state index contributed by atoms with van der Waals surface area (Å²) in [4.78, 5) is 36.5. The molecule has 0 unspecified atom stereocenters. The molecule has 5 heterocycles. The minimum atomic E-state index is -0.634. The van der Waals surface area contributed by atoms with Gasteiger partial charge in [-0.1, -0.05) is 6.42 Å². The number of morpholine rings is 1. The van der Waals surface area contributed by atoms with Gasteiger partial charge in [-0.15, -0.1) is 11.3 Å². The Labute approximate surface area is 227 Å². The zero-order chi connectivity index (χ0) is 26.9. The first-order chi connectivity index (χ1) is 19.0. The average molecular weight is 553 g/mol. The summed E-state index contributed by atoms with van der Waals surface area (Å²) in [6.07, 6.45) is 7.30. The van der Waals surface area contributed by atoms with E-state index in [1.54, 1.807) is 0 Å². The van der Waals surface area contributed by atoms with Gasteiger partial charge in [-0.05, 0) is 18.9 Å². The maximum Gasteiger partial charge on any atom is 0.254 e. The van der Waals surface area contributed by atoms with E-state index in [4.69, 9.17) is 19.3 Å². The zero-order valence-corrected chi connectivity index (χ0v) is 22.1. The van der Waals surface area contributed by atoms with Crippen LogP contribution in [0.15, 0.2) is 43.6 Å². The summed E-state index contributed by atoms with van der Waals surface area (Å²) >= 11 is 1.43. The maximum absolute atomic E-state index is 12.7. The van der Waals surface area contributed by atoms with Crippen molar-refractivity contribution in [3.05, 3.63) is 45.8 Å². The first kappa shape index (κ1) is 25.3. The van der Waals surface area contributed by atoms with Crippen LogP contribution < -0.4 is 32.4 Å². The second kappa shape index (κ2) is 10.7. The van der Waals surface area contributed by atoms with Crippen LogP contribution in [0.2, 0.25) is 0 Å². The number of fused-ring (bicyclic) bond motifs is 1. The molecular weight excluding hydrogens is 522 g/mol. The highest BCUT2D eigenvalue weighted by Crippen LogP contribution is 2.37. The molecule has 6 rings (SSSR count). The number of rotatable bonds is 7. The van der Waals surface area contributed by atoms with Crippen LogP contribution in [0.25, 0.3) is 21.6 Å². The van der Waals surface area contributed by atoms with Crippen molar-refractivity contribution in [2.24, 2.45) is 5.73 Å². The fraction of sp³-hybridized carbons (Fsp3) is 0.385. The van der Waals surface area contributed by atoms with Crippen LogP contribution in [0.4, 0.5) is 23.3 Å². The van der Waals surface area contributed by atoms with Crippen molar-refractivity contribution in [1.29, 1.82) is 0 Å². The van der Waals surface area contributed by atoms with E-state index in [2.05, 4.69) is 26.3 Å². The van der Waals surface area contributed by atoms with E-state index in [1.165, 1.54) is 36.3 Å². The predicted molar refractivity (Wildman–Crippen MR) is 147 cm³/mol. The first-order valence-electron chi connectivity index (χ1n) is 13.0. The van der Waals surface area contributed by atoms with Crippen LogP contribution in [0.5, 0.6) is 0 Å². The molecule has 0 aromatic carbocycles. The van der Waals surface area contributed by atoms with Gasteiger partial charge in [0.25, 0.3) is 5.91 Å². The lowest BCUT2D eigenvalue weighted by Gasteiger charge is -2.26. The van der Waals surface area contributed by atoms with Crippen LogP contribution in [-0.4, -0.2) is 54.3 Å². The Morgan fingerprint density at radius 1 is 1.18 bits per heavy atom. The molecule has 1 aliphatic carbocycles. The highest BCUT2D eigenvalue weighted by atomic mass is 32.1. The van der Waals surface area contributed by atoms with Gasteiger partial charge in [0.15, 0.2) is 11.5 Å². The van der Waals surface area contributed by atoms with Gasteiger partial charge in [0.1, 0.15) is 23.7 Å². The molecule has 1 saturated heterocycles. The topological polar surface area (TPSA) is 176 Å². The average Bonchev–Trinajstić information content (AvgIpc) is 3.58. The van der Waals surface area contributed by atoms with E-state index >= 15 is 0 Å². The number of aromatic nitrogens is 2. The molecular formula is C26H30N7O5S+. The van der Waals surface area contributed by atoms with Crippen LogP contribution in [0.3, 0.4) is 0 Å². The summed E-state index contributed by atoms with van der Waals surface area (Å²) in [5.74, 6) is 0.573. The van der Waals surface area contributed by atoms with Crippen molar-refractivity contribution < 1.29 is 24.1 Å². The van der Waals surface area contributed by atoms with Crippen LogP contribution in [0.1, 0.15) is 36.0 Å². The zero-order valence-electron chi connectivity index (χ0n) is 21.3. The van der Waals surface area contributed by atoms with Crippen molar-refractivity contribution in [3.63, 3.8) is 0 Å². The van der Waals surface area contributed by atoms with E-state index in [9.17, 15) is 9.59 Å². The number of hydrogen-bond donors (Lipinski definition) is 4. The summed E-state index contributed by atoms with van der Waals surface area (Å²) in [6.45, 7) is 2.43. The molecule has 0 spiro atoms. The molecule has 39 heavy (non-hydrogen) atoms. The number of nitrogens with two attached hydrogens (primary N) is 1. The van der Waals surface area contributed by atoms with Gasteiger partial charge in [-0.25, -0.2) is 4.98 Å². The van der Waals surface area contributed by atoms with E-state index in [1.807, 2.05) is 16.3 Å². The standard InChI is InChI=1S/C26H29N7O5S/c27-17-3-1-2-4-18(17)31-26-29-11-15(24(28)35)25(32-26)30-14-9-20(39-13-14)16-12-37-23-19(34)10-21(38-22(16)23)33-5-7-36-8-6-33/h9-13,17-18H,1-8,27H2,(H2,28,35)(H2,29,30,31,32)/p+1/t17-,18+/m1/s1. The largest absolute Gasteiger partial charge is 0.456 e. The molecule has 2 atom stereocenters. The normalized spacial score (nSPS) is 19.8. The van der Waals surface area contributed by atoms with E-state index in [0.717, 1.165) is 24.1 Å². The Bertz CT molecular complexity index is 1560. The number of primary amides is 1. The molecule has 1 saturated carbocycles. The third kappa shape index (κ3) is 5.20. The number of carbonyl (C=O) groups is 1. The van der Waals surface area contributed by atoms with Crippen molar-refractivity contribution in [2.75, 3.05) is 41.8 Å². The first-order valence-corrected chi connectivity index (χ1v) is 13.8. The van der Waals surface area contributed by atoms with Crippen molar-refractivity contribution in [2.45, 2.75) is 37.8 Å². The van der Waals surface area contributed by atoms with Gasteiger partial charge in [0.2, 0.25) is 17.0 Å². The van der Waals surface area contributed by atoms with Crippen LogP contribution in [0, 0.1) is 0 Å². The number of quaternary nitrogens is 1. The molecule has 7 N–H and O–H groups in total. The number of carbonyl (C=O) groups excluding carboxylic acids is 1. The Morgan fingerprint density at radius 3 is 2.79 bits per heavy atom. The summed E-state index contributed by atoms with van der Waals surface area (Å²) in [5, 5.41) is 8.45. The number of hydrogen-bond acceptors (Lipinski definition) is 11. The van der Waals surface area contributed by atoms with Crippen LogP contribution in [-0.2, 0) is 4.74 Å². The second-order valence-electron chi connectivity index (χ2n) is 9.80. The minimum Gasteiger partial charge on any atom is -0.456 e. The number of ether oxygens (including phenoxy) is 1. The lowest BCUT2D eigenvalue weighted by atomic mass is 9.91. The number of amides is 1. The molecule has 1 amide bonds. The van der Waals surface area contributed by atoms with Crippen molar-refractivity contribution in [1.82, 2.24) is 9.97 Å². The van der Waals surface area contributed by atoms with Gasteiger partial charge in [-0.2, -0.15) is 4.98 Å². The molecule has 0 bridgehead atoms. The molecule has 1 aliphatic heterocycles. The summed E-state index contributed by atoms with van der Waals surface area (Å²) in [7, 11) is 0. The van der Waals surface area contributed by atoms with Gasteiger partial charge >= 0.3 is 0 Å². The van der Waals surface area contributed by atoms with Gasteiger partial charge in [-0.3, -0.25) is 9.59 Å². The molecule has 4 aromatic heterocycles. The Balaban J connectivity index is 1.28. The number of furan rings is 1. The highest BCUT2D eigenvalue weighted by molar-refractivity contribution is 7.14. The molecule has 0 radical (unpaired) electrons. The maximum atomic E-state index is 12.7. The number of nitrogens with zero attached hydrogens (tertiary/aromatic N) is 3.